The van der Waals surface area contributed by atoms with Gasteiger partial charge in [0.15, 0.2) is 92.9 Å². The van der Waals surface area contributed by atoms with Crippen molar-refractivity contribution in [1.82, 2.24) is 0 Å². The SMILES string of the molecule is CC(O)COCO[Si](C)(C)O[Si](C)(C)C.COCCOC(C)COCO[Si](C)(C)O[Si](C)(C)C.C[SiH2]OCCCC[Si](C)(O[Si](C)(C)C)O[Si](C)(C)C.C[Si](C)(C)O[Si](C)(CCCCO)O[Si](C)(C)C.C[Si](C)(C)O[Si](C)(CCCCO)O[Si](C)(C)C.C[Si](C)(C)O[Si](C)(CCO)O[Si](C)(C)C. The number of aliphatic hydroxyl groups is 4. The summed E-state index contributed by atoms with van der Waals surface area (Å²) in [5.74, 6) is 0. The van der Waals surface area contributed by atoms with E-state index in [0.717, 1.165) is 56.8 Å². The van der Waals surface area contributed by atoms with Crippen LogP contribution in [0.1, 0.15) is 52.4 Å². The van der Waals surface area contributed by atoms with E-state index in [1.54, 1.807) is 14.0 Å². The third kappa shape index (κ3) is 91.7. The number of hydrogen-bond donors (Lipinski definition) is 4. The smallest absolute Gasteiger partial charge is 0.323 e. The average Bonchev–Trinajstić information content (AvgIpc) is 0.862. The standard InChI is InChI=1S/C12H30O5Si2.C12H34O3Si4.2C11H30O3Si3.C9H24O4Si2.C9H26O3Si3/c1-12(15-9-8-13-2)10-14-11-16-19(6,7)17-18(3,4)5;1-16-13-11-9-10-12-19(8,14-17(2,3)4)15-18(5,6)7;2*1-15(2,3)13-17(7,11-9-8-10-12)14-16(4,5)6;1-9(10)7-11-8-12-15(5,6)13-14(2,3)4;1-13(2,3)11-15(7,9-8-10)12-14(4,5)6/h12H,8-11H2,1-7H3;9-12,16H2,1-8H3;2*12H,8-11H2,1-7H3;9-10H,7-8H2,1-6H3;10H,8-9H2,1-7H3. The predicted molar refractivity (Wildman–Crippen MR) is 477 cm³/mol. The molecular weight excluding hydrogens is 1580 g/mol. The van der Waals surface area contributed by atoms with Crippen molar-refractivity contribution < 1.29 is 93.8 Å². The number of ether oxygens (including phenoxy) is 4. The van der Waals surface area contributed by atoms with Gasteiger partial charge in [0.1, 0.15) is 13.6 Å². The summed E-state index contributed by atoms with van der Waals surface area (Å²) >= 11 is 0. The van der Waals surface area contributed by atoms with Gasteiger partial charge >= 0.3 is 51.4 Å². The van der Waals surface area contributed by atoms with Crippen molar-refractivity contribution in [2.45, 2.75) is 344 Å². The van der Waals surface area contributed by atoms with Gasteiger partial charge in [0.05, 0.1) is 38.6 Å². The topological polar surface area (TPSA) is 238 Å². The summed E-state index contributed by atoms with van der Waals surface area (Å²) in [5, 5.41) is 35.8. The summed E-state index contributed by atoms with van der Waals surface area (Å²) in [6.07, 6.45) is 5.64. The first-order chi connectivity index (χ1) is 45.2. The van der Waals surface area contributed by atoms with Crippen molar-refractivity contribution in [2.75, 3.05) is 73.6 Å². The summed E-state index contributed by atoms with van der Waals surface area (Å²) in [6, 6.07) is 3.79. The Morgan fingerprint density at radius 3 is 0.784 bits per heavy atom. The van der Waals surface area contributed by atoms with Crippen molar-refractivity contribution in [1.29, 1.82) is 0 Å². The lowest BCUT2D eigenvalue weighted by molar-refractivity contribution is -0.0637. The highest BCUT2D eigenvalue weighted by molar-refractivity contribution is 6.90. The van der Waals surface area contributed by atoms with Crippen molar-refractivity contribution >= 4 is 144 Å². The Morgan fingerprint density at radius 1 is 0.304 bits per heavy atom. The minimum atomic E-state index is -2.15. The van der Waals surface area contributed by atoms with E-state index in [2.05, 4.69) is 229 Å². The van der Waals surface area contributed by atoms with Crippen LogP contribution in [-0.4, -0.2) is 250 Å². The van der Waals surface area contributed by atoms with E-state index in [1.807, 2.05) is 33.1 Å². The number of hydrogen-bond acceptors (Lipinski definition) is 21. The highest BCUT2D eigenvalue weighted by Gasteiger charge is 2.44. The maximum atomic E-state index is 9.10. The number of rotatable bonds is 50. The largest absolute Gasteiger partial charge is 0.437 e. The molecule has 0 rings (SSSR count). The van der Waals surface area contributed by atoms with Crippen molar-refractivity contribution in [3.8, 4) is 0 Å². The molecule has 0 spiro atoms. The average molecular weight is 1760 g/mol. The zero-order valence-electron chi connectivity index (χ0n) is 74.7. The quantitative estimate of drug-likeness (QED) is 0.0252. The molecule has 102 heavy (non-hydrogen) atoms. The van der Waals surface area contributed by atoms with Crippen LogP contribution in [-0.2, 0) is 73.4 Å². The molecule has 624 valence electrons. The molecule has 0 aromatic carbocycles. The number of aliphatic hydroxyl groups excluding tert-OH is 4. The number of unbranched alkanes of at least 4 members (excludes halogenated alkanes) is 3. The van der Waals surface area contributed by atoms with Crippen LogP contribution in [0.5, 0.6) is 0 Å². The Kier molecular flexibility index (Phi) is 61.1. The molecule has 0 aliphatic heterocycles. The van der Waals surface area contributed by atoms with E-state index >= 15 is 0 Å². The fourth-order valence-corrected chi connectivity index (χ4v) is 74.0. The molecule has 21 nitrogen and oxygen atoms in total. The maximum Gasteiger partial charge on any atom is 0.323 e. The van der Waals surface area contributed by atoms with Gasteiger partial charge in [0, 0.05) is 39.6 Å². The molecule has 0 aliphatic carbocycles. The van der Waals surface area contributed by atoms with Crippen LogP contribution in [0.3, 0.4) is 0 Å². The highest BCUT2D eigenvalue weighted by Crippen LogP contribution is 2.30. The van der Waals surface area contributed by atoms with Gasteiger partial charge in [-0.15, -0.1) is 0 Å². The third-order valence-corrected chi connectivity index (χ3v) is 61.2. The first kappa shape index (κ1) is 116. The lowest BCUT2D eigenvalue weighted by Crippen LogP contribution is -2.52. The maximum absolute atomic E-state index is 9.10. The molecular formula is C64H174O21Si17. The molecule has 0 bridgehead atoms. The summed E-state index contributed by atoms with van der Waals surface area (Å²) in [4.78, 5) is 0. The van der Waals surface area contributed by atoms with Crippen LogP contribution >= 0.6 is 0 Å². The second kappa shape index (κ2) is 53.8. The second-order valence-corrected chi connectivity index (χ2v) is 106. The molecule has 0 fully saturated rings. The van der Waals surface area contributed by atoms with E-state index in [9.17, 15) is 0 Å². The molecule has 2 atom stereocenters. The summed E-state index contributed by atoms with van der Waals surface area (Å²) in [6.45, 7) is 92.9. The van der Waals surface area contributed by atoms with Crippen molar-refractivity contribution in [3.63, 3.8) is 0 Å². The fourth-order valence-electron chi connectivity index (χ4n) is 10.5. The molecule has 2 unspecified atom stereocenters. The van der Waals surface area contributed by atoms with Crippen LogP contribution < -0.4 is 0 Å². The minimum Gasteiger partial charge on any atom is -0.437 e. The van der Waals surface area contributed by atoms with E-state index < -0.39 is 141 Å². The lowest BCUT2D eigenvalue weighted by Gasteiger charge is -2.38. The molecule has 0 aromatic heterocycles. The van der Waals surface area contributed by atoms with Gasteiger partial charge in [-0.2, -0.15) is 0 Å². The summed E-state index contributed by atoms with van der Waals surface area (Å²) in [5.41, 5.74) is 0. The van der Waals surface area contributed by atoms with Crippen molar-refractivity contribution in [3.05, 3.63) is 0 Å². The highest BCUT2D eigenvalue weighted by atomic mass is 28.5. The molecule has 0 aromatic rings. The van der Waals surface area contributed by atoms with E-state index in [1.165, 1.54) is 6.42 Å². The molecule has 0 heterocycles. The van der Waals surface area contributed by atoms with Gasteiger partial charge in [-0.1, -0.05) is 6.55 Å². The zero-order valence-corrected chi connectivity index (χ0v) is 92.1. The van der Waals surface area contributed by atoms with Gasteiger partial charge < -0.3 is 93.8 Å². The van der Waals surface area contributed by atoms with Gasteiger partial charge in [-0.05, 0) is 319 Å². The first-order valence-corrected chi connectivity index (χ1v) is 89.6. The van der Waals surface area contributed by atoms with E-state index in [4.69, 9.17) is 93.8 Å². The van der Waals surface area contributed by atoms with Crippen molar-refractivity contribution in [2.24, 2.45) is 0 Å². The van der Waals surface area contributed by atoms with Gasteiger partial charge in [-0.3, -0.25) is 0 Å². The van der Waals surface area contributed by atoms with Crippen LogP contribution in [0, 0.1) is 0 Å². The molecule has 0 saturated carbocycles. The lowest BCUT2D eigenvalue weighted by atomic mass is 10.4. The van der Waals surface area contributed by atoms with E-state index in [-0.39, 0.29) is 49.3 Å². The van der Waals surface area contributed by atoms with Crippen LogP contribution in [0.25, 0.3) is 0 Å². The Labute approximate surface area is 650 Å². The summed E-state index contributed by atoms with van der Waals surface area (Å²) in [7, 11) is -26.5. The molecule has 0 amide bonds. The molecule has 0 saturated heterocycles. The van der Waals surface area contributed by atoms with Crippen LogP contribution in [0.4, 0.5) is 0 Å². The van der Waals surface area contributed by atoms with Gasteiger partial charge in [0.2, 0.25) is 0 Å². The molecule has 0 aliphatic rings. The zero-order chi connectivity index (χ0) is 82.0. The second-order valence-electron chi connectivity index (χ2n) is 37.8. The predicted octanol–water partition coefficient (Wildman–Crippen LogP) is 18.0. The van der Waals surface area contributed by atoms with Crippen LogP contribution in [0.15, 0.2) is 0 Å². The molecule has 4 N–H and O–H groups in total. The fraction of sp³-hybridized carbons (Fsp3) is 1.00. The Balaban J connectivity index is -0.000000272. The first-order valence-electron chi connectivity index (χ1n) is 37.8. The van der Waals surface area contributed by atoms with Crippen LogP contribution in [0.2, 0.25) is 280 Å². The van der Waals surface area contributed by atoms with Gasteiger partial charge in [0.25, 0.3) is 0 Å². The Bertz CT molecular complexity index is 1910. The van der Waals surface area contributed by atoms with E-state index in [0.29, 0.717) is 32.5 Å². The monoisotopic (exact) mass is 1750 g/mol. The third-order valence-electron chi connectivity index (χ3n) is 11.7. The Hall–Kier alpha value is 2.85. The van der Waals surface area contributed by atoms with Gasteiger partial charge in [-0.25, -0.2) is 0 Å². The molecule has 0 radical (unpaired) electrons. The normalized spacial score (nSPS) is 14.5. The Morgan fingerprint density at radius 2 is 0.559 bits per heavy atom. The summed E-state index contributed by atoms with van der Waals surface area (Å²) < 4.78 is 101. The minimum absolute atomic E-state index is 0.0430. The molecule has 38 heteroatoms. The number of methoxy groups -OCH3 is 1.